The minimum atomic E-state index is -0.510. The Morgan fingerprint density at radius 3 is 2.41 bits per heavy atom. The number of nitrogens with zero attached hydrogens (tertiary/aromatic N) is 1. The molecule has 3 aromatic carbocycles. The van der Waals surface area contributed by atoms with E-state index in [0.29, 0.717) is 29.4 Å². The minimum absolute atomic E-state index is 0.236. The average Bonchev–Trinajstić information content (AvgIpc) is 3.13. The van der Waals surface area contributed by atoms with Crippen LogP contribution in [0.25, 0.3) is 6.08 Å². The standard InChI is InChI=1S/C29H28N2O5S/c1-18-5-8-21(9-6-18)17-36-24-12-10-22(14-25(24)35-4)15-26-28(33)31(29(34)37-26)16-27(32)30-23-11-7-19(2)20(3)13-23/h5-15H,16-17H2,1-4H3,(H,30,32)/b26-15+. The summed E-state index contributed by atoms with van der Waals surface area (Å²) >= 11 is 0.802. The van der Waals surface area contributed by atoms with Crippen LogP contribution in [0.1, 0.15) is 27.8 Å². The highest BCUT2D eigenvalue weighted by molar-refractivity contribution is 8.18. The molecule has 37 heavy (non-hydrogen) atoms. The first-order valence-corrected chi connectivity index (χ1v) is 12.5. The van der Waals surface area contributed by atoms with E-state index in [2.05, 4.69) is 5.32 Å². The number of imide groups is 1. The van der Waals surface area contributed by atoms with Gasteiger partial charge in [-0.3, -0.25) is 19.3 Å². The van der Waals surface area contributed by atoms with Crippen molar-refractivity contribution in [1.29, 1.82) is 0 Å². The highest BCUT2D eigenvalue weighted by Gasteiger charge is 2.36. The number of anilines is 1. The molecule has 4 rings (SSSR count). The highest BCUT2D eigenvalue weighted by atomic mass is 32.2. The van der Waals surface area contributed by atoms with Crippen molar-refractivity contribution in [1.82, 2.24) is 4.90 Å². The minimum Gasteiger partial charge on any atom is -0.493 e. The molecule has 0 saturated carbocycles. The van der Waals surface area contributed by atoms with Crippen LogP contribution in [-0.2, 0) is 16.2 Å². The summed E-state index contributed by atoms with van der Waals surface area (Å²) in [7, 11) is 1.54. The molecule has 3 amide bonds. The molecule has 1 fully saturated rings. The summed E-state index contributed by atoms with van der Waals surface area (Å²) in [6, 6.07) is 18.9. The van der Waals surface area contributed by atoms with Crippen molar-refractivity contribution < 1.29 is 23.9 Å². The second kappa shape index (κ2) is 11.3. The van der Waals surface area contributed by atoms with E-state index in [1.165, 1.54) is 5.56 Å². The van der Waals surface area contributed by atoms with Crippen molar-refractivity contribution in [2.45, 2.75) is 27.4 Å². The van der Waals surface area contributed by atoms with Gasteiger partial charge in [-0.1, -0.05) is 42.0 Å². The van der Waals surface area contributed by atoms with Crippen molar-refractivity contribution in [2.24, 2.45) is 0 Å². The number of hydrogen-bond donors (Lipinski definition) is 1. The Bertz CT molecular complexity index is 1380. The molecule has 1 N–H and O–H groups in total. The van der Waals surface area contributed by atoms with Crippen LogP contribution in [-0.4, -0.2) is 35.6 Å². The average molecular weight is 517 g/mol. The first kappa shape index (κ1) is 26.0. The Kier molecular flexibility index (Phi) is 7.98. The van der Waals surface area contributed by atoms with Gasteiger partial charge in [0.05, 0.1) is 12.0 Å². The summed E-state index contributed by atoms with van der Waals surface area (Å²) in [6.45, 7) is 5.99. The Morgan fingerprint density at radius 1 is 0.946 bits per heavy atom. The molecule has 8 heteroatoms. The van der Waals surface area contributed by atoms with Gasteiger partial charge in [-0.25, -0.2) is 0 Å². The van der Waals surface area contributed by atoms with Crippen molar-refractivity contribution >= 4 is 40.6 Å². The molecule has 0 bridgehead atoms. The molecule has 3 aromatic rings. The van der Waals surface area contributed by atoms with E-state index in [0.717, 1.165) is 33.4 Å². The molecule has 190 valence electrons. The van der Waals surface area contributed by atoms with Gasteiger partial charge in [0.15, 0.2) is 11.5 Å². The van der Waals surface area contributed by atoms with Gasteiger partial charge in [0.25, 0.3) is 11.1 Å². The number of methoxy groups -OCH3 is 1. The quantitative estimate of drug-likeness (QED) is 0.377. The fourth-order valence-corrected chi connectivity index (χ4v) is 4.53. The monoisotopic (exact) mass is 516 g/mol. The third-order valence-electron chi connectivity index (χ3n) is 5.97. The molecule has 0 aliphatic carbocycles. The van der Waals surface area contributed by atoms with Crippen LogP contribution >= 0.6 is 11.8 Å². The number of rotatable bonds is 8. The van der Waals surface area contributed by atoms with Gasteiger partial charge < -0.3 is 14.8 Å². The van der Waals surface area contributed by atoms with Gasteiger partial charge in [0.2, 0.25) is 5.91 Å². The fraction of sp³-hybridized carbons (Fsp3) is 0.207. The van der Waals surface area contributed by atoms with E-state index < -0.39 is 17.1 Å². The maximum Gasteiger partial charge on any atom is 0.294 e. The van der Waals surface area contributed by atoms with Crippen LogP contribution in [0.2, 0.25) is 0 Å². The van der Waals surface area contributed by atoms with E-state index in [4.69, 9.17) is 9.47 Å². The van der Waals surface area contributed by atoms with E-state index in [9.17, 15) is 14.4 Å². The van der Waals surface area contributed by atoms with Gasteiger partial charge >= 0.3 is 0 Å². The number of aryl methyl sites for hydroxylation is 3. The first-order chi connectivity index (χ1) is 17.7. The summed E-state index contributed by atoms with van der Waals surface area (Å²) < 4.78 is 11.4. The lowest BCUT2D eigenvalue weighted by Crippen LogP contribution is -2.36. The number of benzene rings is 3. The van der Waals surface area contributed by atoms with Gasteiger partial charge in [-0.15, -0.1) is 0 Å². The van der Waals surface area contributed by atoms with Crippen LogP contribution in [0.15, 0.2) is 65.6 Å². The largest absolute Gasteiger partial charge is 0.493 e. The smallest absolute Gasteiger partial charge is 0.294 e. The molecule has 0 unspecified atom stereocenters. The van der Waals surface area contributed by atoms with Gasteiger partial charge in [0.1, 0.15) is 13.2 Å². The lowest BCUT2D eigenvalue weighted by molar-refractivity contribution is -0.127. The Balaban J connectivity index is 1.42. The molecule has 1 aliphatic rings. The second-order valence-electron chi connectivity index (χ2n) is 8.80. The Morgan fingerprint density at radius 2 is 1.70 bits per heavy atom. The maximum absolute atomic E-state index is 12.9. The fourth-order valence-electron chi connectivity index (χ4n) is 3.69. The zero-order valence-corrected chi connectivity index (χ0v) is 22.0. The number of ether oxygens (including phenoxy) is 2. The zero-order valence-electron chi connectivity index (χ0n) is 21.2. The van der Waals surface area contributed by atoms with Crippen LogP contribution in [0.5, 0.6) is 11.5 Å². The number of thioether (sulfide) groups is 1. The third-order valence-corrected chi connectivity index (χ3v) is 6.87. The normalized spacial score (nSPS) is 14.3. The molecule has 0 radical (unpaired) electrons. The van der Waals surface area contributed by atoms with Crippen LogP contribution in [0, 0.1) is 20.8 Å². The van der Waals surface area contributed by atoms with E-state index in [1.807, 2.05) is 57.2 Å². The van der Waals surface area contributed by atoms with Crippen molar-refractivity contribution in [3.05, 3.63) is 93.4 Å². The third kappa shape index (κ3) is 6.40. The van der Waals surface area contributed by atoms with Crippen molar-refractivity contribution in [3.8, 4) is 11.5 Å². The SMILES string of the molecule is COc1cc(/C=C2/SC(=O)N(CC(=O)Nc3ccc(C)c(C)c3)C2=O)ccc1OCc1ccc(C)cc1. The van der Waals surface area contributed by atoms with Gasteiger partial charge in [-0.05, 0) is 85.1 Å². The summed E-state index contributed by atoms with van der Waals surface area (Å²) in [5, 5.41) is 2.26. The number of hydrogen-bond acceptors (Lipinski definition) is 6. The van der Waals surface area contributed by atoms with Crippen molar-refractivity contribution in [2.75, 3.05) is 19.0 Å². The van der Waals surface area contributed by atoms with E-state index in [-0.39, 0.29) is 11.4 Å². The predicted octanol–water partition coefficient (Wildman–Crippen LogP) is 5.87. The Hall–Kier alpha value is -4.04. The number of carbonyl (C=O) groups is 3. The summed E-state index contributed by atoms with van der Waals surface area (Å²) in [6.07, 6.45) is 1.61. The Labute approximate surface area is 220 Å². The maximum atomic E-state index is 12.9. The molecular weight excluding hydrogens is 488 g/mol. The molecule has 0 aromatic heterocycles. The van der Waals surface area contributed by atoms with Gasteiger partial charge in [-0.2, -0.15) is 0 Å². The molecular formula is C29H28N2O5S. The summed E-state index contributed by atoms with van der Waals surface area (Å²) in [4.78, 5) is 39.1. The lowest BCUT2D eigenvalue weighted by Gasteiger charge is -2.13. The van der Waals surface area contributed by atoms with E-state index in [1.54, 1.807) is 37.5 Å². The molecule has 7 nitrogen and oxygen atoms in total. The predicted molar refractivity (Wildman–Crippen MR) is 146 cm³/mol. The van der Waals surface area contributed by atoms with Crippen molar-refractivity contribution in [3.63, 3.8) is 0 Å². The summed E-state index contributed by atoms with van der Waals surface area (Å²) in [5.74, 6) is 0.122. The molecule has 1 aliphatic heterocycles. The molecule has 1 heterocycles. The van der Waals surface area contributed by atoms with E-state index >= 15 is 0 Å². The topological polar surface area (TPSA) is 84.9 Å². The lowest BCUT2D eigenvalue weighted by atomic mass is 10.1. The van der Waals surface area contributed by atoms with Crippen LogP contribution in [0.3, 0.4) is 0 Å². The molecule has 1 saturated heterocycles. The molecule has 0 atom stereocenters. The zero-order chi connectivity index (χ0) is 26.5. The van der Waals surface area contributed by atoms with Gasteiger partial charge in [0, 0.05) is 5.69 Å². The number of carbonyl (C=O) groups excluding carboxylic acids is 3. The molecule has 0 spiro atoms. The van der Waals surface area contributed by atoms with Crippen LogP contribution < -0.4 is 14.8 Å². The number of amides is 3. The second-order valence-corrected chi connectivity index (χ2v) is 9.79. The summed E-state index contributed by atoms with van der Waals surface area (Å²) in [5.41, 5.74) is 5.64. The number of nitrogens with one attached hydrogen (secondary N) is 1. The highest BCUT2D eigenvalue weighted by Crippen LogP contribution is 2.34. The first-order valence-electron chi connectivity index (χ1n) is 11.7. The van der Waals surface area contributed by atoms with Crippen LogP contribution in [0.4, 0.5) is 10.5 Å².